The molecule has 1 aliphatic rings. The first-order valence-corrected chi connectivity index (χ1v) is 6.38. The fourth-order valence-electron chi connectivity index (χ4n) is 1.99. The summed E-state index contributed by atoms with van der Waals surface area (Å²) < 4.78 is 0. The zero-order valence-corrected chi connectivity index (χ0v) is 11.4. The lowest BCUT2D eigenvalue weighted by molar-refractivity contribution is -0.141. The van der Waals surface area contributed by atoms with Gasteiger partial charge in [0.25, 0.3) is 0 Å². The van der Waals surface area contributed by atoms with Crippen molar-refractivity contribution in [1.82, 2.24) is 9.80 Å². The number of hydrogen-bond donors (Lipinski definition) is 1. The Morgan fingerprint density at radius 1 is 1.33 bits per heavy atom. The van der Waals surface area contributed by atoms with Gasteiger partial charge in [-0.25, -0.2) is 0 Å². The summed E-state index contributed by atoms with van der Waals surface area (Å²) in [6, 6.07) is -0.0352. The van der Waals surface area contributed by atoms with Gasteiger partial charge in [-0.1, -0.05) is 19.1 Å². The van der Waals surface area contributed by atoms with E-state index in [1.165, 1.54) is 4.90 Å². The highest BCUT2D eigenvalue weighted by Crippen LogP contribution is 2.19. The minimum atomic E-state index is -0.165. The van der Waals surface area contributed by atoms with E-state index in [0.717, 1.165) is 6.42 Å². The smallest absolute Gasteiger partial charge is 0.241 e. The molecule has 0 saturated carbocycles. The second kappa shape index (κ2) is 6.54. The summed E-state index contributed by atoms with van der Waals surface area (Å²) in [7, 11) is 3.39. The van der Waals surface area contributed by atoms with Crippen LogP contribution in [-0.2, 0) is 9.59 Å². The van der Waals surface area contributed by atoms with Gasteiger partial charge in [0.2, 0.25) is 11.8 Å². The van der Waals surface area contributed by atoms with E-state index >= 15 is 0 Å². The Hall–Kier alpha value is -1.36. The molecule has 0 bridgehead atoms. The highest BCUT2D eigenvalue weighted by atomic mass is 16.2. The maximum absolute atomic E-state index is 12.3. The number of hydrogen-bond acceptors (Lipinski definition) is 3. The summed E-state index contributed by atoms with van der Waals surface area (Å²) in [4.78, 5) is 27.1. The van der Waals surface area contributed by atoms with Crippen LogP contribution in [0.15, 0.2) is 12.2 Å². The van der Waals surface area contributed by atoms with E-state index in [9.17, 15) is 9.59 Å². The van der Waals surface area contributed by atoms with Crippen molar-refractivity contribution in [2.24, 2.45) is 11.7 Å². The van der Waals surface area contributed by atoms with Gasteiger partial charge in [0.05, 0.1) is 12.5 Å². The molecule has 1 aliphatic carbocycles. The summed E-state index contributed by atoms with van der Waals surface area (Å²) in [6.07, 6.45) is 5.21. The first-order chi connectivity index (χ1) is 8.45. The summed E-state index contributed by atoms with van der Waals surface area (Å²) in [5.41, 5.74) is 5.75. The predicted octanol–water partition coefficient (Wildman–Crippen LogP) is 0.217. The van der Waals surface area contributed by atoms with Crippen LogP contribution in [0.5, 0.6) is 0 Å². The molecule has 0 saturated heterocycles. The third kappa shape index (κ3) is 3.84. The Bertz CT molecular complexity index is 339. The summed E-state index contributed by atoms with van der Waals surface area (Å²) >= 11 is 0. The van der Waals surface area contributed by atoms with Crippen molar-refractivity contribution in [3.63, 3.8) is 0 Å². The molecule has 0 aliphatic heterocycles. The van der Waals surface area contributed by atoms with Gasteiger partial charge >= 0.3 is 0 Å². The molecule has 0 aromatic carbocycles. The van der Waals surface area contributed by atoms with Crippen LogP contribution in [0.25, 0.3) is 0 Å². The molecule has 0 fully saturated rings. The molecule has 0 radical (unpaired) electrons. The Balaban J connectivity index is 2.63. The van der Waals surface area contributed by atoms with Crippen molar-refractivity contribution >= 4 is 11.8 Å². The predicted molar refractivity (Wildman–Crippen MR) is 70.8 cm³/mol. The Morgan fingerprint density at radius 2 is 2.00 bits per heavy atom. The van der Waals surface area contributed by atoms with E-state index in [4.69, 9.17) is 5.73 Å². The number of likely N-dealkylation sites (N-methyl/N-ethyl adjacent to an activating group) is 1. The molecule has 0 spiro atoms. The van der Waals surface area contributed by atoms with Crippen molar-refractivity contribution in [2.45, 2.75) is 25.8 Å². The minimum absolute atomic E-state index is 0.0104. The molecule has 2 amide bonds. The fraction of sp³-hybridized carbons (Fsp3) is 0.692. The highest BCUT2D eigenvalue weighted by molar-refractivity contribution is 5.87. The molecule has 5 nitrogen and oxygen atoms in total. The summed E-state index contributed by atoms with van der Waals surface area (Å²) in [5, 5.41) is 0. The molecule has 2 atom stereocenters. The quantitative estimate of drug-likeness (QED) is 0.713. The first-order valence-electron chi connectivity index (χ1n) is 6.38. The van der Waals surface area contributed by atoms with Crippen LogP contribution >= 0.6 is 0 Å². The maximum atomic E-state index is 12.3. The lowest BCUT2D eigenvalue weighted by atomic mass is 10.1. The van der Waals surface area contributed by atoms with Gasteiger partial charge in [-0.15, -0.1) is 0 Å². The zero-order chi connectivity index (χ0) is 13.7. The Labute approximate surface area is 109 Å². The summed E-state index contributed by atoms with van der Waals surface area (Å²) in [6.45, 7) is 2.76. The number of nitrogens with two attached hydrogens (primary N) is 1. The molecule has 0 heterocycles. The molecule has 2 unspecified atom stereocenters. The van der Waals surface area contributed by atoms with Crippen molar-refractivity contribution in [2.75, 3.05) is 27.2 Å². The molecule has 0 aromatic heterocycles. The van der Waals surface area contributed by atoms with Crippen LogP contribution in [0.3, 0.4) is 0 Å². The van der Waals surface area contributed by atoms with Crippen LogP contribution in [0.2, 0.25) is 0 Å². The fourth-order valence-corrected chi connectivity index (χ4v) is 1.99. The highest BCUT2D eigenvalue weighted by Gasteiger charge is 2.28. The maximum Gasteiger partial charge on any atom is 0.241 e. The van der Waals surface area contributed by atoms with E-state index in [1.807, 2.05) is 19.1 Å². The molecule has 18 heavy (non-hydrogen) atoms. The molecule has 1 rings (SSSR count). The minimum Gasteiger partial charge on any atom is -0.347 e. The topological polar surface area (TPSA) is 66.6 Å². The number of amides is 2. The lowest BCUT2D eigenvalue weighted by Crippen LogP contribution is -2.43. The van der Waals surface area contributed by atoms with Gasteiger partial charge in [-0.2, -0.15) is 0 Å². The van der Waals surface area contributed by atoms with E-state index in [1.54, 1.807) is 19.0 Å². The largest absolute Gasteiger partial charge is 0.347 e. The van der Waals surface area contributed by atoms with E-state index in [-0.39, 0.29) is 30.3 Å². The average molecular weight is 253 g/mol. The molecule has 5 heteroatoms. The van der Waals surface area contributed by atoms with Crippen LogP contribution in [-0.4, -0.2) is 54.8 Å². The van der Waals surface area contributed by atoms with Crippen molar-refractivity contribution < 1.29 is 9.59 Å². The normalized spacial score (nSPS) is 22.0. The van der Waals surface area contributed by atoms with Gasteiger partial charge in [-0.05, 0) is 12.8 Å². The number of carbonyl (C=O) groups excluding carboxylic acids is 2. The van der Waals surface area contributed by atoms with E-state index in [2.05, 4.69) is 0 Å². The van der Waals surface area contributed by atoms with Gasteiger partial charge < -0.3 is 15.5 Å². The second-order valence-electron chi connectivity index (χ2n) is 4.94. The van der Waals surface area contributed by atoms with Crippen LogP contribution < -0.4 is 5.73 Å². The van der Waals surface area contributed by atoms with Crippen molar-refractivity contribution in [1.29, 1.82) is 0 Å². The Morgan fingerprint density at radius 3 is 2.44 bits per heavy atom. The molecular weight excluding hydrogens is 230 g/mol. The van der Waals surface area contributed by atoms with Gasteiger partial charge in [0.1, 0.15) is 0 Å². The first kappa shape index (κ1) is 14.7. The van der Waals surface area contributed by atoms with Crippen LogP contribution in [0.4, 0.5) is 0 Å². The molecular formula is C13H23N3O2. The third-order valence-electron chi connectivity index (χ3n) is 3.06. The molecule has 2 N–H and O–H groups in total. The van der Waals surface area contributed by atoms with E-state index < -0.39 is 0 Å². The lowest BCUT2D eigenvalue weighted by Gasteiger charge is -2.25. The van der Waals surface area contributed by atoms with Crippen molar-refractivity contribution in [3.05, 3.63) is 12.2 Å². The monoisotopic (exact) mass is 253 g/mol. The van der Waals surface area contributed by atoms with Gasteiger partial charge in [0, 0.05) is 26.7 Å². The number of carbonyl (C=O) groups is 2. The molecule has 102 valence electrons. The van der Waals surface area contributed by atoms with Crippen LogP contribution in [0, 0.1) is 5.92 Å². The zero-order valence-electron chi connectivity index (χ0n) is 11.4. The summed E-state index contributed by atoms with van der Waals surface area (Å²) in [5.74, 6) is -0.208. The molecule has 0 aromatic rings. The number of rotatable bonds is 5. The number of nitrogens with zero attached hydrogens (tertiary/aromatic N) is 2. The van der Waals surface area contributed by atoms with E-state index in [0.29, 0.717) is 13.0 Å². The van der Waals surface area contributed by atoms with Gasteiger partial charge in [0.15, 0.2) is 0 Å². The van der Waals surface area contributed by atoms with Gasteiger partial charge in [-0.3, -0.25) is 9.59 Å². The Kier molecular flexibility index (Phi) is 5.34. The average Bonchev–Trinajstić information content (AvgIpc) is 2.74. The standard InChI is InChI=1S/C13H23N3O2/c1-4-7-16(9-12(17)15(2)3)13(18)10-5-6-11(14)8-10/h5-6,10-11H,4,7-9,14H2,1-3H3. The van der Waals surface area contributed by atoms with Crippen molar-refractivity contribution in [3.8, 4) is 0 Å². The second-order valence-corrected chi connectivity index (χ2v) is 4.94. The third-order valence-corrected chi connectivity index (χ3v) is 3.06. The SMILES string of the molecule is CCCN(CC(=O)N(C)C)C(=O)C1C=CC(N)C1. The van der Waals surface area contributed by atoms with Crippen LogP contribution in [0.1, 0.15) is 19.8 Å².